The molecule has 2 heterocycles. The minimum Gasteiger partial charge on any atom is -0.378 e. The lowest BCUT2D eigenvalue weighted by Crippen LogP contribution is -2.37. The molecule has 0 atom stereocenters. The summed E-state index contributed by atoms with van der Waals surface area (Å²) >= 11 is 7.24. The van der Waals surface area contributed by atoms with Crippen LogP contribution in [0.2, 0.25) is 5.15 Å². The molecule has 0 saturated carbocycles. The van der Waals surface area contributed by atoms with E-state index in [9.17, 15) is 0 Å². The van der Waals surface area contributed by atoms with Crippen LogP contribution in [0.15, 0.2) is 0 Å². The maximum Gasteiger partial charge on any atom is 0.188 e. The highest BCUT2D eigenvalue weighted by atomic mass is 35.5. The maximum absolute atomic E-state index is 8.88. The van der Waals surface area contributed by atoms with Crippen molar-refractivity contribution in [2.24, 2.45) is 5.73 Å². The van der Waals surface area contributed by atoms with Crippen LogP contribution in [0.25, 0.3) is 0 Å². The SMILES string of the molecule is N#Cc1sc(N2CCC(OCCCN)CC2)nc1Cl. The first-order valence-electron chi connectivity index (χ1n) is 6.37. The third kappa shape index (κ3) is 3.80. The molecule has 1 aromatic rings. The summed E-state index contributed by atoms with van der Waals surface area (Å²) in [4.78, 5) is 6.89. The van der Waals surface area contributed by atoms with Crippen molar-refractivity contribution in [3.05, 3.63) is 10.0 Å². The van der Waals surface area contributed by atoms with Crippen LogP contribution in [0.3, 0.4) is 0 Å². The van der Waals surface area contributed by atoms with Gasteiger partial charge in [0, 0.05) is 19.7 Å². The highest BCUT2D eigenvalue weighted by Gasteiger charge is 2.22. The Morgan fingerprint density at radius 2 is 2.26 bits per heavy atom. The molecule has 2 rings (SSSR count). The lowest BCUT2D eigenvalue weighted by molar-refractivity contribution is 0.0366. The molecule has 19 heavy (non-hydrogen) atoms. The van der Waals surface area contributed by atoms with Crippen molar-refractivity contribution in [2.75, 3.05) is 31.1 Å². The van der Waals surface area contributed by atoms with Gasteiger partial charge in [0.25, 0.3) is 0 Å². The lowest BCUT2D eigenvalue weighted by Gasteiger charge is -2.31. The first-order chi connectivity index (χ1) is 9.24. The van der Waals surface area contributed by atoms with Crippen LogP contribution in [0.1, 0.15) is 24.1 Å². The predicted octanol–water partition coefficient (Wildman–Crippen LogP) is 2.00. The summed E-state index contributed by atoms with van der Waals surface area (Å²) in [5.74, 6) is 0. The zero-order valence-corrected chi connectivity index (χ0v) is 12.2. The first-order valence-corrected chi connectivity index (χ1v) is 7.57. The quantitative estimate of drug-likeness (QED) is 0.842. The topological polar surface area (TPSA) is 75.2 Å². The maximum atomic E-state index is 8.88. The Hall–Kier alpha value is -0.870. The molecule has 1 aromatic heterocycles. The molecular formula is C12H17ClN4OS. The smallest absolute Gasteiger partial charge is 0.188 e. The number of thiazole rings is 1. The van der Waals surface area contributed by atoms with Crippen LogP contribution in [0.5, 0.6) is 0 Å². The fraction of sp³-hybridized carbons (Fsp3) is 0.667. The number of anilines is 1. The van der Waals surface area contributed by atoms with Crippen LogP contribution in [-0.2, 0) is 4.74 Å². The average molecular weight is 301 g/mol. The largest absolute Gasteiger partial charge is 0.378 e. The molecule has 2 N–H and O–H groups in total. The molecule has 1 saturated heterocycles. The van der Waals surface area contributed by atoms with Crippen LogP contribution in [0, 0.1) is 11.3 Å². The van der Waals surface area contributed by atoms with E-state index in [-0.39, 0.29) is 0 Å². The van der Waals surface area contributed by atoms with Gasteiger partial charge in [-0.15, -0.1) is 0 Å². The highest BCUT2D eigenvalue weighted by molar-refractivity contribution is 7.16. The van der Waals surface area contributed by atoms with E-state index in [1.807, 2.05) is 0 Å². The van der Waals surface area contributed by atoms with Crippen molar-refractivity contribution in [3.8, 4) is 6.07 Å². The minimum absolute atomic E-state index is 0.309. The van der Waals surface area contributed by atoms with E-state index in [1.165, 1.54) is 11.3 Å². The van der Waals surface area contributed by atoms with Crippen molar-refractivity contribution in [1.29, 1.82) is 5.26 Å². The number of hydrogen-bond donors (Lipinski definition) is 1. The summed E-state index contributed by atoms with van der Waals surface area (Å²) in [6.45, 7) is 3.19. The molecule has 7 heteroatoms. The Morgan fingerprint density at radius 1 is 1.53 bits per heavy atom. The summed E-state index contributed by atoms with van der Waals surface area (Å²) in [5, 5.41) is 10.0. The first kappa shape index (κ1) is 14.5. The molecule has 0 unspecified atom stereocenters. The van der Waals surface area contributed by atoms with Crippen molar-refractivity contribution in [2.45, 2.75) is 25.4 Å². The molecule has 0 amide bonds. The lowest BCUT2D eigenvalue weighted by atomic mass is 10.1. The standard InChI is InChI=1S/C12H17ClN4OS/c13-11-10(8-15)19-12(16-11)17-5-2-9(3-6-17)18-7-1-4-14/h9H,1-7,14H2. The summed E-state index contributed by atoms with van der Waals surface area (Å²) in [6.07, 6.45) is 3.18. The molecule has 0 bridgehead atoms. The fourth-order valence-electron chi connectivity index (χ4n) is 2.04. The number of ether oxygens (including phenoxy) is 1. The molecule has 0 aliphatic carbocycles. The number of nitrogens with zero attached hydrogens (tertiary/aromatic N) is 3. The molecule has 0 aromatic carbocycles. The van der Waals surface area contributed by atoms with Crippen molar-refractivity contribution in [3.63, 3.8) is 0 Å². The van der Waals surface area contributed by atoms with E-state index < -0.39 is 0 Å². The number of halogens is 1. The summed E-state index contributed by atoms with van der Waals surface area (Å²) < 4.78 is 5.76. The number of nitriles is 1. The van der Waals surface area contributed by atoms with Gasteiger partial charge in [0.05, 0.1) is 6.10 Å². The second-order valence-corrected chi connectivity index (χ2v) is 5.76. The van der Waals surface area contributed by atoms with E-state index in [1.54, 1.807) is 0 Å². The van der Waals surface area contributed by atoms with Gasteiger partial charge >= 0.3 is 0 Å². The van der Waals surface area contributed by atoms with Gasteiger partial charge in [0.2, 0.25) is 0 Å². The number of piperidine rings is 1. The Kier molecular flexibility index (Phi) is 5.40. The average Bonchev–Trinajstić information content (AvgIpc) is 2.81. The molecular weight excluding hydrogens is 284 g/mol. The van der Waals surface area contributed by atoms with Gasteiger partial charge in [0.15, 0.2) is 10.3 Å². The zero-order valence-electron chi connectivity index (χ0n) is 10.6. The van der Waals surface area contributed by atoms with Crippen molar-refractivity contribution < 1.29 is 4.74 Å². The van der Waals surface area contributed by atoms with E-state index in [0.29, 0.717) is 22.7 Å². The van der Waals surface area contributed by atoms with Gasteiger partial charge in [-0.1, -0.05) is 22.9 Å². The summed E-state index contributed by atoms with van der Waals surface area (Å²) in [5.41, 5.74) is 5.44. The van der Waals surface area contributed by atoms with Crippen molar-refractivity contribution in [1.82, 2.24) is 4.98 Å². The second kappa shape index (κ2) is 7.06. The van der Waals surface area contributed by atoms with Gasteiger partial charge in [-0.2, -0.15) is 5.26 Å². The third-order valence-corrected chi connectivity index (χ3v) is 4.50. The Morgan fingerprint density at radius 3 is 2.84 bits per heavy atom. The normalized spacial score (nSPS) is 16.6. The van der Waals surface area contributed by atoms with Gasteiger partial charge in [-0.25, -0.2) is 4.98 Å². The summed E-state index contributed by atoms with van der Waals surface area (Å²) in [7, 11) is 0. The fourth-order valence-corrected chi connectivity index (χ4v) is 3.14. The number of rotatable bonds is 5. The van der Waals surface area contributed by atoms with E-state index >= 15 is 0 Å². The highest BCUT2D eigenvalue weighted by Crippen LogP contribution is 2.30. The van der Waals surface area contributed by atoms with E-state index in [2.05, 4.69) is 16.0 Å². The van der Waals surface area contributed by atoms with Gasteiger partial charge in [-0.3, -0.25) is 0 Å². The van der Waals surface area contributed by atoms with E-state index in [0.717, 1.165) is 44.1 Å². The molecule has 0 spiro atoms. The van der Waals surface area contributed by atoms with Crippen LogP contribution >= 0.6 is 22.9 Å². The predicted molar refractivity (Wildman–Crippen MR) is 76.7 cm³/mol. The minimum atomic E-state index is 0.309. The summed E-state index contributed by atoms with van der Waals surface area (Å²) in [6, 6.07) is 2.06. The second-order valence-electron chi connectivity index (χ2n) is 4.43. The molecule has 1 aliphatic heterocycles. The third-order valence-electron chi connectivity index (χ3n) is 3.09. The number of nitrogens with two attached hydrogens (primary N) is 1. The molecule has 5 nitrogen and oxygen atoms in total. The van der Waals surface area contributed by atoms with Crippen LogP contribution < -0.4 is 10.6 Å². The zero-order chi connectivity index (χ0) is 13.7. The van der Waals surface area contributed by atoms with Crippen LogP contribution in [0.4, 0.5) is 5.13 Å². The molecule has 104 valence electrons. The number of hydrogen-bond acceptors (Lipinski definition) is 6. The van der Waals surface area contributed by atoms with Crippen molar-refractivity contribution >= 4 is 28.1 Å². The molecule has 1 aliphatic rings. The monoisotopic (exact) mass is 300 g/mol. The van der Waals surface area contributed by atoms with Gasteiger partial charge in [0.1, 0.15) is 10.9 Å². The Labute approximate surface area is 121 Å². The molecule has 0 radical (unpaired) electrons. The Bertz CT molecular complexity index is 451. The van der Waals surface area contributed by atoms with Crippen LogP contribution in [-0.4, -0.2) is 37.3 Å². The van der Waals surface area contributed by atoms with Gasteiger partial charge < -0.3 is 15.4 Å². The molecule has 1 fully saturated rings. The Balaban J connectivity index is 1.84. The number of aromatic nitrogens is 1. The van der Waals surface area contributed by atoms with E-state index in [4.69, 9.17) is 27.3 Å². The van der Waals surface area contributed by atoms with Gasteiger partial charge in [-0.05, 0) is 25.8 Å².